The Bertz CT molecular complexity index is 1730. The fourth-order valence-electron chi connectivity index (χ4n) is 6.15. The molecule has 0 bridgehead atoms. The number of ether oxygens (including phenoxy) is 1. The average molecular weight is 620 g/mol. The Kier molecular flexibility index (Phi) is 7.33. The fourth-order valence-corrected chi connectivity index (χ4v) is 6.38. The Labute approximate surface area is 248 Å². The predicted molar refractivity (Wildman–Crippen MR) is 150 cm³/mol. The summed E-state index contributed by atoms with van der Waals surface area (Å²) < 4.78 is 48.5. The maximum absolute atomic E-state index is 14.0. The van der Waals surface area contributed by atoms with E-state index in [0.717, 1.165) is 23.8 Å². The van der Waals surface area contributed by atoms with Crippen molar-refractivity contribution < 1.29 is 27.5 Å². The van der Waals surface area contributed by atoms with Crippen LogP contribution in [0.3, 0.4) is 0 Å². The summed E-state index contributed by atoms with van der Waals surface area (Å²) in [6, 6.07) is 2.68. The van der Waals surface area contributed by atoms with Crippen LogP contribution in [0.2, 0.25) is 5.02 Å². The van der Waals surface area contributed by atoms with Crippen molar-refractivity contribution in [3.05, 3.63) is 62.3 Å². The number of carbonyl (C=O) groups excluding carboxylic acids is 2. The Morgan fingerprint density at radius 3 is 2.63 bits per heavy atom. The highest BCUT2D eigenvalue weighted by Gasteiger charge is 2.49. The zero-order chi connectivity index (χ0) is 30.7. The van der Waals surface area contributed by atoms with Crippen LogP contribution < -0.4 is 16.2 Å². The molecular formula is C28H29ClF3N7O4. The van der Waals surface area contributed by atoms with Gasteiger partial charge in [-0.15, -0.1) is 5.10 Å². The molecule has 1 atom stereocenters. The molecule has 2 amide bonds. The third-order valence-electron chi connectivity index (χ3n) is 8.25. The largest absolute Gasteiger partial charge is 0.416 e. The van der Waals surface area contributed by atoms with E-state index in [1.807, 2.05) is 13.0 Å². The van der Waals surface area contributed by atoms with Gasteiger partial charge in [-0.05, 0) is 63.0 Å². The first-order chi connectivity index (χ1) is 20.4. The number of nitrogens with one attached hydrogen (secondary N) is 2. The van der Waals surface area contributed by atoms with Crippen LogP contribution in [-0.2, 0) is 32.6 Å². The van der Waals surface area contributed by atoms with Crippen LogP contribution in [0, 0.1) is 0 Å². The molecule has 5 heterocycles. The lowest BCUT2D eigenvalue weighted by molar-refractivity contribution is -0.137. The van der Waals surface area contributed by atoms with Crippen molar-refractivity contribution in [2.75, 3.05) is 31.5 Å². The maximum atomic E-state index is 14.0. The number of nitrogens with zero attached hydrogens (tertiary/aromatic N) is 5. The summed E-state index contributed by atoms with van der Waals surface area (Å²) in [5.74, 6) is -0.193. The van der Waals surface area contributed by atoms with Gasteiger partial charge in [-0.3, -0.25) is 14.4 Å². The Morgan fingerprint density at radius 2 is 2.00 bits per heavy atom. The lowest BCUT2D eigenvalue weighted by Gasteiger charge is -2.33. The van der Waals surface area contributed by atoms with E-state index in [2.05, 4.69) is 20.7 Å². The number of fused-ring (bicyclic) bond motifs is 3. The molecule has 15 heteroatoms. The minimum Gasteiger partial charge on any atom is -0.361 e. The van der Waals surface area contributed by atoms with Crippen molar-refractivity contribution in [1.29, 1.82) is 0 Å². The van der Waals surface area contributed by atoms with Gasteiger partial charge >= 0.3 is 6.18 Å². The highest BCUT2D eigenvalue weighted by molar-refractivity contribution is 6.33. The first-order valence-corrected chi connectivity index (χ1v) is 14.3. The second-order valence-corrected chi connectivity index (χ2v) is 11.4. The molecule has 0 unspecified atom stereocenters. The van der Waals surface area contributed by atoms with Gasteiger partial charge in [0.15, 0.2) is 5.82 Å². The number of piperidine rings is 1. The van der Waals surface area contributed by atoms with E-state index in [4.69, 9.17) is 16.3 Å². The molecule has 3 aliphatic heterocycles. The summed E-state index contributed by atoms with van der Waals surface area (Å²) >= 11 is 6.09. The number of rotatable bonds is 4. The number of aromatic nitrogens is 4. The first-order valence-electron chi connectivity index (χ1n) is 13.9. The zero-order valence-corrected chi connectivity index (χ0v) is 24.2. The van der Waals surface area contributed by atoms with Gasteiger partial charge in [0, 0.05) is 20.0 Å². The molecule has 1 saturated heterocycles. The number of hydrogen-bond donors (Lipinski definition) is 2. The summed E-state index contributed by atoms with van der Waals surface area (Å²) in [5.41, 5.74) is -0.463. The molecule has 3 aliphatic rings. The summed E-state index contributed by atoms with van der Waals surface area (Å²) in [6.07, 6.45) is -1.70. The predicted octanol–water partition coefficient (Wildman–Crippen LogP) is 3.51. The first kappa shape index (κ1) is 29.3. The van der Waals surface area contributed by atoms with Gasteiger partial charge in [0.25, 0.3) is 5.56 Å². The van der Waals surface area contributed by atoms with Crippen LogP contribution in [-0.4, -0.2) is 62.1 Å². The highest BCUT2D eigenvalue weighted by atomic mass is 35.5. The molecule has 0 aliphatic carbocycles. The van der Waals surface area contributed by atoms with Crippen molar-refractivity contribution in [3.8, 4) is 0 Å². The van der Waals surface area contributed by atoms with Gasteiger partial charge in [-0.25, -0.2) is 0 Å². The third kappa shape index (κ3) is 5.21. The summed E-state index contributed by atoms with van der Waals surface area (Å²) in [4.78, 5) is 45.5. The second-order valence-electron chi connectivity index (χ2n) is 11.0. The molecule has 2 aromatic heterocycles. The fraction of sp³-hybridized carbons (Fsp3) is 0.464. The number of hydrogen-bond acceptors (Lipinski definition) is 7. The van der Waals surface area contributed by atoms with Gasteiger partial charge in [0.1, 0.15) is 12.1 Å². The minimum atomic E-state index is -4.58. The second kappa shape index (κ2) is 10.8. The molecule has 0 radical (unpaired) electrons. The van der Waals surface area contributed by atoms with E-state index in [1.54, 1.807) is 9.47 Å². The van der Waals surface area contributed by atoms with Crippen molar-refractivity contribution in [2.45, 2.75) is 57.5 Å². The van der Waals surface area contributed by atoms with E-state index >= 15 is 0 Å². The third-order valence-corrected chi connectivity index (χ3v) is 8.57. The van der Waals surface area contributed by atoms with E-state index in [-0.39, 0.29) is 34.5 Å². The lowest BCUT2D eigenvalue weighted by atomic mass is 9.86. The Morgan fingerprint density at radius 1 is 1.26 bits per heavy atom. The van der Waals surface area contributed by atoms with Gasteiger partial charge in [0.05, 0.1) is 33.6 Å². The van der Waals surface area contributed by atoms with Crippen molar-refractivity contribution >= 4 is 40.5 Å². The van der Waals surface area contributed by atoms with Gasteiger partial charge in [-0.1, -0.05) is 17.7 Å². The Hall–Kier alpha value is -3.75. The molecule has 1 fully saturated rings. The molecule has 43 heavy (non-hydrogen) atoms. The molecule has 1 spiro atoms. The number of anilines is 1. The quantitative estimate of drug-likeness (QED) is 0.458. The van der Waals surface area contributed by atoms with Crippen LogP contribution in [0.1, 0.15) is 61.9 Å². The van der Waals surface area contributed by atoms with Crippen LogP contribution in [0.15, 0.2) is 29.1 Å². The smallest absolute Gasteiger partial charge is 0.361 e. The van der Waals surface area contributed by atoms with E-state index in [0.29, 0.717) is 62.5 Å². The van der Waals surface area contributed by atoms with E-state index in [1.165, 1.54) is 11.4 Å². The molecule has 2 N–H and O–H groups in total. The molecular weight excluding hydrogens is 591 g/mol. The SMILES string of the molecule is CC(=O)N1CC=C(c2nc3n(CC(=O)Nc4ccc(C(F)(F)F)cc4Cl)c4c(c(=O)n3n2)C2(CCNCC2)O[C@@H]4C)CC1. The number of benzene rings is 1. The normalized spacial score (nSPS) is 19.9. The number of halogens is 4. The Balaban J connectivity index is 1.43. The topological polar surface area (TPSA) is 123 Å². The molecule has 1 aromatic carbocycles. The molecule has 0 saturated carbocycles. The minimum absolute atomic E-state index is 0.0112. The molecule has 6 rings (SSSR count). The van der Waals surface area contributed by atoms with Crippen molar-refractivity contribution in [2.24, 2.45) is 0 Å². The maximum Gasteiger partial charge on any atom is 0.416 e. The lowest BCUT2D eigenvalue weighted by Crippen LogP contribution is -2.43. The van der Waals surface area contributed by atoms with Crippen molar-refractivity contribution in [1.82, 2.24) is 29.4 Å². The standard InChI is InChI=1S/C28H29ClF3N7O4/c1-15-23-22(27(43-15)7-9-33-10-8-27)25(42)39-26(35-24(36-39)17-5-11-37(12-6-17)16(2)40)38(23)14-21(41)34-20-4-3-18(13-19(20)29)28(30,31)32/h3-5,13,15,33H,6-12,14H2,1-2H3,(H,34,41)/t15-/m1/s1. The highest BCUT2D eigenvalue weighted by Crippen LogP contribution is 2.47. The monoisotopic (exact) mass is 619 g/mol. The van der Waals surface area contributed by atoms with E-state index in [9.17, 15) is 27.6 Å². The van der Waals surface area contributed by atoms with Crippen molar-refractivity contribution in [3.63, 3.8) is 0 Å². The average Bonchev–Trinajstić information content (AvgIpc) is 3.52. The molecule has 3 aromatic rings. The number of amides is 2. The molecule has 11 nitrogen and oxygen atoms in total. The number of carbonyl (C=O) groups is 2. The van der Waals surface area contributed by atoms with Gasteiger partial charge < -0.3 is 24.8 Å². The van der Waals surface area contributed by atoms with Gasteiger partial charge in [-0.2, -0.15) is 22.7 Å². The van der Waals surface area contributed by atoms with Crippen LogP contribution in [0.25, 0.3) is 11.4 Å². The van der Waals surface area contributed by atoms with E-state index < -0.39 is 29.4 Å². The zero-order valence-electron chi connectivity index (χ0n) is 23.4. The van der Waals surface area contributed by atoms with Crippen LogP contribution in [0.4, 0.5) is 18.9 Å². The van der Waals surface area contributed by atoms with Gasteiger partial charge in [0.2, 0.25) is 17.6 Å². The van der Waals surface area contributed by atoms with Crippen LogP contribution >= 0.6 is 11.6 Å². The summed E-state index contributed by atoms with van der Waals surface area (Å²) in [6.45, 7) is 5.12. The molecule has 228 valence electrons. The number of alkyl halides is 3. The summed E-state index contributed by atoms with van der Waals surface area (Å²) in [5, 5.41) is 10.2. The summed E-state index contributed by atoms with van der Waals surface area (Å²) in [7, 11) is 0. The van der Waals surface area contributed by atoms with Crippen LogP contribution in [0.5, 0.6) is 0 Å².